The number of nitro groups is 1. The van der Waals surface area contributed by atoms with Gasteiger partial charge in [0.25, 0.3) is 15.7 Å². The van der Waals surface area contributed by atoms with Crippen LogP contribution in [0, 0.1) is 24.0 Å². The summed E-state index contributed by atoms with van der Waals surface area (Å²) in [6.07, 6.45) is 0. The van der Waals surface area contributed by atoms with Gasteiger partial charge in [-0.3, -0.25) is 10.1 Å². The van der Waals surface area contributed by atoms with E-state index in [9.17, 15) is 18.5 Å². The summed E-state index contributed by atoms with van der Waals surface area (Å²) >= 11 is 0. The highest BCUT2D eigenvalue weighted by Gasteiger charge is 2.27. The van der Waals surface area contributed by atoms with Crippen molar-refractivity contribution in [2.45, 2.75) is 18.7 Å². The Labute approximate surface area is 119 Å². The van der Waals surface area contributed by atoms with Crippen LogP contribution in [0.4, 0.5) is 17.3 Å². The number of nitrogens with zero attached hydrogens (tertiary/aromatic N) is 2. The van der Waals surface area contributed by atoms with Crippen molar-refractivity contribution in [3.8, 4) is 0 Å². The van der Waals surface area contributed by atoms with Gasteiger partial charge in [0.05, 0.1) is 10.6 Å². The molecule has 21 heavy (non-hydrogen) atoms. The van der Waals surface area contributed by atoms with Crippen LogP contribution >= 0.6 is 0 Å². The Bertz CT molecular complexity index is 812. The number of nitrogens with one attached hydrogen (secondary N) is 1. The molecule has 9 nitrogen and oxygen atoms in total. The molecule has 1 heterocycles. The summed E-state index contributed by atoms with van der Waals surface area (Å²) in [4.78, 5) is 9.65. The van der Waals surface area contributed by atoms with Crippen LogP contribution < -0.4 is 10.5 Å². The van der Waals surface area contributed by atoms with Crippen LogP contribution in [-0.2, 0) is 10.0 Å². The molecule has 1 aromatic carbocycles. The van der Waals surface area contributed by atoms with E-state index >= 15 is 0 Å². The second-order valence-corrected chi connectivity index (χ2v) is 5.96. The minimum absolute atomic E-state index is 0.0846. The highest BCUT2D eigenvalue weighted by atomic mass is 32.2. The van der Waals surface area contributed by atoms with Crippen LogP contribution in [0.15, 0.2) is 27.6 Å². The standard InChI is InChI=1S/C11H12N4O5S/c1-6-7(2)13-20-11(6)14-21(18,19)10-4-3-8(12)5-9(10)15(16)17/h3-5,14H,12H2,1-2H3. The van der Waals surface area contributed by atoms with Crippen molar-refractivity contribution in [3.63, 3.8) is 0 Å². The molecule has 0 atom stereocenters. The van der Waals surface area contributed by atoms with Gasteiger partial charge in [0.15, 0.2) is 4.90 Å². The molecule has 2 rings (SSSR count). The number of rotatable bonds is 4. The molecule has 0 aliphatic rings. The number of benzene rings is 1. The maximum atomic E-state index is 12.3. The fraction of sp³-hybridized carbons (Fsp3) is 0.182. The highest BCUT2D eigenvalue weighted by Crippen LogP contribution is 2.29. The first kappa shape index (κ1) is 14.8. The van der Waals surface area contributed by atoms with E-state index in [1.807, 2.05) is 0 Å². The maximum Gasteiger partial charge on any atom is 0.291 e. The first-order valence-corrected chi connectivity index (χ1v) is 7.20. The van der Waals surface area contributed by atoms with Gasteiger partial charge in [-0.2, -0.15) is 0 Å². The average molecular weight is 312 g/mol. The van der Waals surface area contributed by atoms with Crippen molar-refractivity contribution < 1.29 is 17.9 Å². The number of anilines is 2. The molecule has 0 aliphatic carbocycles. The predicted molar refractivity (Wildman–Crippen MR) is 74.3 cm³/mol. The van der Waals surface area contributed by atoms with Crippen LogP contribution in [0.2, 0.25) is 0 Å². The molecule has 2 aromatic rings. The van der Waals surface area contributed by atoms with E-state index in [4.69, 9.17) is 10.3 Å². The van der Waals surface area contributed by atoms with E-state index in [2.05, 4.69) is 9.88 Å². The lowest BCUT2D eigenvalue weighted by atomic mass is 10.3. The quantitative estimate of drug-likeness (QED) is 0.496. The van der Waals surface area contributed by atoms with Crippen molar-refractivity contribution in [3.05, 3.63) is 39.6 Å². The van der Waals surface area contributed by atoms with Crippen molar-refractivity contribution >= 4 is 27.3 Å². The van der Waals surface area contributed by atoms with Gasteiger partial charge in [0.1, 0.15) is 0 Å². The highest BCUT2D eigenvalue weighted by molar-refractivity contribution is 7.92. The Morgan fingerprint density at radius 2 is 2.05 bits per heavy atom. The molecule has 0 saturated heterocycles. The van der Waals surface area contributed by atoms with E-state index in [0.29, 0.717) is 11.3 Å². The summed E-state index contributed by atoms with van der Waals surface area (Å²) in [5.41, 5.74) is 5.93. The molecular weight excluding hydrogens is 300 g/mol. The molecule has 0 amide bonds. The molecule has 112 valence electrons. The Morgan fingerprint density at radius 3 is 2.57 bits per heavy atom. The molecular formula is C11H12N4O5S. The van der Waals surface area contributed by atoms with Gasteiger partial charge in [-0.05, 0) is 26.0 Å². The molecule has 0 radical (unpaired) electrons. The molecule has 3 N–H and O–H groups in total. The monoisotopic (exact) mass is 312 g/mol. The molecule has 1 aromatic heterocycles. The Balaban J connectivity index is 2.50. The van der Waals surface area contributed by atoms with Gasteiger partial charge < -0.3 is 10.3 Å². The minimum atomic E-state index is -4.20. The summed E-state index contributed by atoms with van der Waals surface area (Å²) < 4.78 is 31.5. The third-order valence-electron chi connectivity index (χ3n) is 2.85. The van der Waals surface area contributed by atoms with Crippen LogP contribution in [0.5, 0.6) is 0 Å². The van der Waals surface area contributed by atoms with Gasteiger partial charge in [-0.25, -0.2) is 13.1 Å². The Hall–Kier alpha value is -2.62. The fourth-order valence-corrected chi connectivity index (χ4v) is 2.79. The van der Waals surface area contributed by atoms with E-state index in [1.165, 1.54) is 6.07 Å². The van der Waals surface area contributed by atoms with Crippen LogP contribution in [0.25, 0.3) is 0 Å². The molecule has 0 spiro atoms. The SMILES string of the molecule is Cc1noc(NS(=O)(=O)c2ccc(N)cc2[N+](=O)[O-])c1C. The predicted octanol–water partition coefficient (Wildman–Crippen LogP) is 1.58. The number of hydrogen-bond acceptors (Lipinski definition) is 7. The van der Waals surface area contributed by atoms with E-state index in [-0.39, 0.29) is 11.6 Å². The van der Waals surface area contributed by atoms with Gasteiger partial charge in [0, 0.05) is 17.3 Å². The Morgan fingerprint density at radius 1 is 1.38 bits per heavy atom. The molecule has 10 heteroatoms. The zero-order valence-electron chi connectivity index (χ0n) is 11.2. The number of aromatic nitrogens is 1. The van der Waals surface area contributed by atoms with Gasteiger partial charge in [0.2, 0.25) is 5.88 Å². The number of aryl methyl sites for hydroxylation is 1. The lowest BCUT2D eigenvalue weighted by molar-refractivity contribution is -0.387. The molecule has 0 aliphatic heterocycles. The minimum Gasteiger partial charge on any atom is -0.399 e. The first-order chi connectivity index (χ1) is 9.72. The van der Waals surface area contributed by atoms with Crippen LogP contribution in [0.1, 0.15) is 11.3 Å². The lowest BCUT2D eigenvalue weighted by Crippen LogP contribution is -2.15. The molecule has 0 saturated carbocycles. The Kier molecular flexibility index (Phi) is 3.56. The van der Waals surface area contributed by atoms with Crippen molar-refractivity contribution in [2.75, 3.05) is 10.5 Å². The normalized spacial score (nSPS) is 11.3. The number of hydrogen-bond donors (Lipinski definition) is 2. The van der Waals surface area contributed by atoms with Crippen molar-refractivity contribution in [1.82, 2.24) is 5.16 Å². The van der Waals surface area contributed by atoms with E-state index in [0.717, 1.165) is 12.1 Å². The summed E-state index contributed by atoms with van der Waals surface area (Å²) in [5.74, 6) is -0.0846. The second kappa shape index (κ2) is 5.05. The molecule has 0 bridgehead atoms. The summed E-state index contributed by atoms with van der Waals surface area (Å²) in [6, 6.07) is 3.31. The zero-order valence-corrected chi connectivity index (χ0v) is 12.0. The number of nitrogens with two attached hydrogens (primary N) is 1. The fourth-order valence-electron chi connectivity index (χ4n) is 1.59. The van der Waals surface area contributed by atoms with E-state index in [1.54, 1.807) is 13.8 Å². The van der Waals surface area contributed by atoms with Gasteiger partial charge in [-0.1, -0.05) is 5.16 Å². The van der Waals surface area contributed by atoms with Gasteiger partial charge >= 0.3 is 0 Å². The number of sulfonamides is 1. The summed E-state index contributed by atoms with van der Waals surface area (Å²) in [6.45, 7) is 3.25. The van der Waals surface area contributed by atoms with Crippen LogP contribution in [0.3, 0.4) is 0 Å². The third-order valence-corrected chi connectivity index (χ3v) is 4.23. The van der Waals surface area contributed by atoms with Crippen molar-refractivity contribution in [2.24, 2.45) is 0 Å². The number of nitro benzene ring substituents is 1. The topological polar surface area (TPSA) is 141 Å². The maximum absolute atomic E-state index is 12.3. The smallest absolute Gasteiger partial charge is 0.291 e. The number of nitrogen functional groups attached to an aromatic ring is 1. The third kappa shape index (κ3) is 2.79. The molecule has 0 fully saturated rings. The van der Waals surface area contributed by atoms with Crippen molar-refractivity contribution in [1.29, 1.82) is 0 Å². The summed E-state index contributed by atoms with van der Waals surface area (Å²) in [5, 5.41) is 14.6. The largest absolute Gasteiger partial charge is 0.399 e. The second-order valence-electron chi connectivity index (χ2n) is 4.31. The zero-order chi connectivity index (χ0) is 15.8. The van der Waals surface area contributed by atoms with Crippen LogP contribution in [-0.4, -0.2) is 18.5 Å². The summed E-state index contributed by atoms with van der Waals surface area (Å²) in [7, 11) is -4.20. The lowest BCUT2D eigenvalue weighted by Gasteiger charge is -2.07. The van der Waals surface area contributed by atoms with Gasteiger partial charge in [-0.15, -0.1) is 0 Å². The first-order valence-electron chi connectivity index (χ1n) is 5.72. The average Bonchev–Trinajstić information content (AvgIpc) is 2.70. The molecule has 0 unspecified atom stereocenters. The van der Waals surface area contributed by atoms with E-state index < -0.39 is 25.5 Å².